The number of guanidine groups is 1. The zero-order chi connectivity index (χ0) is 19.7. The number of rotatable bonds is 7. The lowest BCUT2D eigenvalue weighted by Crippen LogP contribution is -2.48. The molecule has 1 aliphatic heterocycles. The Balaban J connectivity index is 1.89. The summed E-state index contributed by atoms with van der Waals surface area (Å²) in [4.78, 5) is 6.68. The minimum absolute atomic E-state index is 0.0288. The zero-order valence-corrected chi connectivity index (χ0v) is 15.9. The molecule has 8 heteroatoms. The van der Waals surface area contributed by atoms with Gasteiger partial charge in [0.15, 0.2) is 5.96 Å². The minimum atomic E-state index is -4.28. The molecule has 27 heavy (non-hydrogen) atoms. The number of aliphatic imine (C=N–C) groups is 1. The van der Waals surface area contributed by atoms with E-state index in [0.717, 1.165) is 19.0 Å². The Kier molecular flexibility index (Phi) is 8.37. The summed E-state index contributed by atoms with van der Waals surface area (Å²) in [6, 6.07) is 8.15. The summed E-state index contributed by atoms with van der Waals surface area (Å²) in [7, 11) is 0. The van der Waals surface area contributed by atoms with Crippen molar-refractivity contribution >= 4 is 5.96 Å². The first-order chi connectivity index (χ1) is 12.9. The predicted molar refractivity (Wildman–Crippen MR) is 98.9 cm³/mol. The van der Waals surface area contributed by atoms with Crippen LogP contribution in [-0.2, 0) is 9.47 Å². The highest BCUT2D eigenvalue weighted by atomic mass is 19.4. The van der Waals surface area contributed by atoms with Crippen molar-refractivity contribution in [1.29, 1.82) is 0 Å². The standard InChI is InChI=1S/C19H28F3N3O2/c1-3-23-18(24-9-6-11-26-14-19(20,21)22)25-10-12-27-17(13-25)16-8-5-4-7-15(16)2/h4-5,7-8,17H,3,6,9-14H2,1-2H3,(H,23,24). The van der Waals surface area contributed by atoms with E-state index in [9.17, 15) is 13.2 Å². The molecule has 0 saturated carbocycles. The van der Waals surface area contributed by atoms with Gasteiger partial charge in [0, 0.05) is 26.2 Å². The van der Waals surface area contributed by atoms with E-state index >= 15 is 0 Å². The summed E-state index contributed by atoms with van der Waals surface area (Å²) in [6.45, 7) is 6.01. The van der Waals surface area contributed by atoms with E-state index < -0.39 is 12.8 Å². The van der Waals surface area contributed by atoms with Gasteiger partial charge >= 0.3 is 6.18 Å². The van der Waals surface area contributed by atoms with E-state index in [1.165, 1.54) is 11.1 Å². The van der Waals surface area contributed by atoms with Crippen LogP contribution in [0.4, 0.5) is 13.2 Å². The van der Waals surface area contributed by atoms with Crippen LogP contribution in [0.3, 0.4) is 0 Å². The summed E-state index contributed by atoms with van der Waals surface area (Å²) < 4.78 is 46.7. The molecule has 1 heterocycles. The molecule has 152 valence electrons. The lowest BCUT2D eigenvalue weighted by atomic mass is 10.0. The van der Waals surface area contributed by atoms with E-state index in [0.29, 0.717) is 26.1 Å². The molecule has 0 radical (unpaired) electrons. The van der Waals surface area contributed by atoms with E-state index in [2.05, 4.69) is 39.0 Å². The van der Waals surface area contributed by atoms with Gasteiger partial charge in [-0.15, -0.1) is 0 Å². The first-order valence-electron chi connectivity index (χ1n) is 9.25. The first-order valence-corrected chi connectivity index (χ1v) is 9.25. The normalized spacial score (nSPS) is 18.6. The Labute approximate surface area is 158 Å². The number of alkyl halides is 3. The molecule has 0 spiro atoms. The van der Waals surface area contributed by atoms with Gasteiger partial charge < -0.3 is 19.7 Å². The van der Waals surface area contributed by atoms with Crippen molar-refractivity contribution in [2.24, 2.45) is 4.99 Å². The number of hydrogen-bond acceptors (Lipinski definition) is 3. The summed E-state index contributed by atoms with van der Waals surface area (Å²) in [5.41, 5.74) is 2.35. The van der Waals surface area contributed by atoms with Crippen molar-refractivity contribution in [1.82, 2.24) is 10.2 Å². The van der Waals surface area contributed by atoms with Gasteiger partial charge in [0.05, 0.1) is 13.2 Å². The van der Waals surface area contributed by atoms with Gasteiger partial charge in [0.25, 0.3) is 0 Å². The van der Waals surface area contributed by atoms with Crippen LogP contribution in [0.5, 0.6) is 0 Å². The van der Waals surface area contributed by atoms with Gasteiger partial charge in [0.1, 0.15) is 12.7 Å². The minimum Gasteiger partial charge on any atom is -0.372 e. The van der Waals surface area contributed by atoms with Gasteiger partial charge in [-0.2, -0.15) is 13.2 Å². The van der Waals surface area contributed by atoms with Gasteiger partial charge in [-0.3, -0.25) is 4.99 Å². The number of nitrogens with zero attached hydrogens (tertiary/aromatic N) is 2. The summed E-state index contributed by atoms with van der Waals surface area (Å²) in [6.07, 6.45) is -3.87. The molecule has 1 aromatic carbocycles. The first kappa shape index (κ1) is 21.5. The molecular weight excluding hydrogens is 359 g/mol. The van der Waals surface area contributed by atoms with Crippen LogP contribution in [0.15, 0.2) is 29.3 Å². The topological polar surface area (TPSA) is 46.1 Å². The monoisotopic (exact) mass is 387 g/mol. The predicted octanol–water partition coefficient (Wildman–Crippen LogP) is 3.30. The molecule has 1 N–H and O–H groups in total. The van der Waals surface area contributed by atoms with Crippen molar-refractivity contribution in [3.05, 3.63) is 35.4 Å². The van der Waals surface area contributed by atoms with Gasteiger partial charge in [-0.1, -0.05) is 24.3 Å². The van der Waals surface area contributed by atoms with Crippen molar-refractivity contribution in [3.8, 4) is 0 Å². The van der Waals surface area contributed by atoms with Crippen LogP contribution in [0.25, 0.3) is 0 Å². The van der Waals surface area contributed by atoms with E-state index in [1.54, 1.807) is 0 Å². The molecule has 1 atom stereocenters. The quantitative estimate of drug-likeness (QED) is 0.443. The third kappa shape index (κ3) is 7.38. The van der Waals surface area contributed by atoms with Gasteiger partial charge in [-0.25, -0.2) is 0 Å². The number of halogens is 3. The fraction of sp³-hybridized carbons (Fsp3) is 0.632. The maximum Gasteiger partial charge on any atom is 0.411 e. The SMILES string of the molecule is CCNC(=NCCCOCC(F)(F)F)N1CCOC(c2ccccc2C)C1. The smallest absolute Gasteiger partial charge is 0.372 e. The highest BCUT2D eigenvalue weighted by Crippen LogP contribution is 2.25. The molecule has 1 aromatic rings. The van der Waals surface area contributed by atoms with E-state index in [1.807, 2.05) is 19.1 Å². The second-order valence-electron chi connectivity index (χ2n) is 6.42. The summed E-state index contributed by atoms with van der Waals surface area (Å²) in [5.74, 6) is 0.759. The highest BCUT2D eigenvalue weighted by molar-refractivity contribution is 5.80. The van der Waals surface area contributed by atoms with Crippen molar-refractivity contribution in [3.63, 3.8) is 0 Å². The Morgan fingerprint density at radius 1 is 1.37 bits per heavy atom. The number of aryl methyl sites for hydroxylation is 1. The Bertz CT molecular complexity index is 608. The Morgan fingerprint density at radius 3 is 2.85 bits per heavy atom. The van der Waals surface area contributed by atoms with Crippen LogP contribution in [0.2, 0.25) is 0 Å². The zero-order valence-electron chi connectivity index (χ0n) is 15.9. The molecule has 2 rings (SSSR count). The maximum atomic E-state index is 12.1. The van der Waals surface area contributed by atoms with Crippen LogP contribution < -0.4 is 5.32 Å². The van der Waals surface area contributed by atoms with E-state index in [4.69, 9.17) is 4.74 Å². The van der Waals surface area contributed by atoms with Crippen LogP contribution in [0.1, 0.15) is 30.6 Å². The third-order valence-electron chi connectivity index (χ3n) is 4.21. The third-order valence-corrected chi connectivity index (χ3v) is 4.21. The molecule has 1 aliphatic rings. The second-order valence-corrected chi connectivity index (χ2v) is 6.42. The van der Waals surface area contributed by atoms with Crippen LogP contribution in [-0.4, -0.2) is 63.0 Å². The lowest BCUT2D eigenvalue weighted by molar-refractivity contribution is -0.173. The molecule has 0 aromatic heterocycles. The Hall–Kier alpha value is -1.80. The maximum absolute atomic E-state index is 12.1. The Morgan fingerprint density at radius 2 is 2.15 bits per heavy atom. The van der Waals surface area contributed by atoms with Crippen LogP contribution >= 0.6 is 0 Å². The number of morpholine rings is 1. The van der Waals surface area contributed by atoms with Gasteiger partial charge in [0.2, 0.25) is 0 Å². The average Bonchev–Trinajstić information content (AvgIpc) is 2.63. The molecule has 5 nitrogen and oxygen atoms in total. The average molecular weight is 387 g/mol. The fourth-order valence-corrected chi connectivity index (χ4v) is 2.94. The lowest BCUT2D eigenvalue weighted by Gasteiger charge is -2.35. The van der Waals surface area contributed by atoms with E-state index in [-0.39, 0.29) is 12.7 Å². The highest BCUT2D eigenvalue weighted by Gasteiger charge is 2.27. The number of hydrogen-bond donors (Lipinski definition) is 1. The number of ether oxygens (including phenoxy) is 2. The molecule has 1 saturated heterocycles. The second kappa shape index (κ2) is 10.5. The summed E-state index contributed by atoms with van der Waals surface area (Å²) in [5, 5.41) is 3.25. The van der Waals surface area contributed by atoms with Crippen molar-refractivity contribution < 1.29 is 22.6 Å². The molecular formula is C19H28F3N3O2. The number of benzene rings is 1. The molecule has 0 aliphatic carbocycles. The summed E-state index contributed by atoms with van der Waals surface area (Å²) >= 11 is 0. The largest absolute Gasteiger partial charge is 0.411 e. The van der Waals surface area contributed by atoms with Crippen molar-refractivity contribution in [2.45, 2.75) is 32.5 Å². The molecule has 0 amide bonds. The van der Waals surface area contributed by atoms with Crippen molar-refractivity contribution in [2.75, 3.05) is 46.0 Å². The van der Waals surface area contributed by atoms with Gasteiger partial charge in [-0.05, 0) is 31.4 Å². The molecule has 0 bridgehead atoms. The number of nitrogens with one attached hydrogen (secondary N) is 1. The fourth-order valence-electron chi connectivity index (χ4n) is 2.94. The molecule has 1 unspecified atom stereocenters. The van der Waals surface area contributed by atoms with Crippen LogP contribution in [0, 0.1) is 6.92 Å². The molecule has 1 fully saturated rings.